The third-order valence-corrected chi connectivity index (χ3v) is 1.84. The fourth-order valence-electron chi connectivity index (χ4n) is 1.10. The monoisotopic (exact) mass is 151 g/mol. The van der Waals surface area contributed by atoms with Crippen LogP contribution in [0, 0.1) is 0 Å². The summed E-state index contributed by atoms with van der Waals surface area (Å²) < 4.78 is 0. The molecule has 0 aromatic rings. The van der Waals surface area contributed by atoms with E-state index in [9.17, 15) is 0 Å². The lowest BCUT2D eigenvalue weighted by Gasteiger charge is -1.96. The molecule has 11 heavy (non-hydrogen) atoms. The second kappa shape index (κ2) is 9.80. The molecule has 0 bridgehead atoms. The fraction of sp³-hybridized carbons (Fsp3) is 0.800. The highest BCUT2D eigenvalue weighted by atomic mass is 13.9. The Morgan fingerprint density at radius 1 is 1.18 bits per heavy atom. The first-order chi connectivity index (χ1) is 5.41. The van der Waals surface area contributed by atoms with Gasteiger partial charge < -0.3 is 0 Å². The Morgan fingerprint density at radius 2 is 2.00 bits per heavy atom. The highest BCUT2D eigenvalue weighted by Crippen LogP contribution is 2.04. The van der Waals surface area contributed by atoms with Gasteiger partial charge in [-0.2, -0.15) is 0 Å². The first kappa shape index (κ1) is 10.8. The summed E-state index contributed by atoms with van der Waals surface area (Å²) >= 11 is 0. The van der Waals surface area contributed by atoms with E-state index in [2.05, 4.69) is 20.8 Å². The van der Waals surface area contributed by atoms with Gasteiger partial charge in [0.1, 0.15) is 7.28 Å². The number of unbranched alkanes of at least 4 members (excludes halogenated alkanes) is 3. The average Bonchev–Trinajstić information content (AvgIpc) is 2.03. The van der Waals surface area contributed by atoms with Crippen LogP contribution < -0.4 is 0 Å². The van der Waals surface area contributed by atoms with Crippen LogP contribution in [0.15, 0.2) is 12.7 Å². The van der Waals surface area contributed by atoms with Gasteiger partial charge in [0, 0.05) is 0 Å². The standard InChI is InChI=1S/C10H20B/c1-3-5-7-8-10-11-9-6-4-2/h4H,2-3,5-10H2,1H3. The molecule has 0 N–H and O–H groups in total. The Bertz CT molecular complexity index is 78.9. The molecule has 1 radical (unpaired) electrons. The second-order valence-electron chi connectivity index (χ2n) is 3.00. The van der Waals surface area contributed by atoms with Crippen molar-refractivity contribution in [1.29, 1.82) is 0 Å². The van der Waals surface area contributed by atoms with Crippen molar-refractivity contribution in [3.8, 4) is 0 Å². The molecular formula is C10H20B. The SMILES string of the molecule is C=CCC[B]CCCCCC. The van der Waals surface area contributed by atoms with Gasteiger partial charge in [0.15, 0.2) is 0 Å². The Morgan fingerprint density at radius 3 is 2.64 bits per heavy atom. The van der Waals surface area contributed by atoms with Crippen LogP contribution in [0.25, 0.3) is 0 Å². The van der Waals surface area contributed by atoms with E-state index >= 15 is 0 Å². The van der Waals surface area contributed by atoms with Crippen molar-refractivity contribution in [2.24, 2.45) is 0 Å². The Hall–Kier alpha value is -0.195. The Kier molecular flexibility index (Phi) is 9.63. The summed E-state index contributed by atoms with van der Waals surface area (Å²) in [6.07, 6.45) is 11.2. The lowest BCUT2D eigenvalue weighted by Crippen LogP contribution is -1.87. The average molecular weight is 151 g/mol. The summed E-state index contributed by atoms with van der Waals surface area (Å²) in [4.78, 5) is 0. The van der Waals surface area contributed by atoms with Crippen LogP contribution in [0.1, 0.15) is 39.0 Å². The van der Waals surface area contributed by atoms with E-state index in [0.717, 1.165) is 6.42 Å². The van der Waals surface area contributed by atoms with Crippen LogP contribution in [0.2, 0.25) is 12.6 Å². The molecule has 63 valence electrons. The summed E-state index contributed by atoms with van der Waals surface area (Å²) in [5.41, 5.74) is 0. The number of allylic oxidation sites excluding steroid dienone is 1. The van der Waals surface area contributed by atoms with Gasteiger partial charge in [-0.15, -0.1) is 6.58 Å². The predicted octanol–water partition coefficient (Wildman–Crippen LogP) is 3.68. The molecule has 0 spiro atoms. The molecule has 0 aromatic carbocycles. The molecule has 0 saturated carbocycles. The quantitative estimate of drug-likeness (QED) is 0.282. The van der Waals surface area contributed by atoms with E-state index in [-0.39, 0.29) is 0 Å². The van der Waals surface area contributed by atoms with Crippen LogP contribution >= 0.6 is 0 Å². The van der Waals surface area contributed by atoms with Crippen LogP contribution in [0.4, 0.5) is 0 Å². The van der Waals surface area contributed by atoms with Gasteiger partial charge in [-0.25, -0.2) is 0 Å². The molecule has 0 atom stereocenters. The molecule has 0 unspecified atom stereocenters. The molecule has 0 aromatic heterocycles. The van der Waals surface area contributed by atoms with Crippen molar-refractivity contribution in [2.45, 2.75) is 51.7 Å². The van der Waals surface area contributed by atoms with E-state index < -0.39 is 0 Å². The van der Waals surface area contributed by atoms with E-state index in [0.29, 0.717) is 0 Å². The molecule has 0 saturated heterocycles. The van der Waals surface area contributed by atoms with Gasteiger partial charge in [-0.05, 0) is 6.42 Å². The molecule has 0 aliphatic heterocycles. The molecule has 0 aliphatic rings. The lowest BCUT2D eigenvalue weighted by atomic mass is 9.68. The molecule has 1 heteroatoms. The normalized spacial score (nSPS) is 9.55. The van der Waals surface area contributed by atoms with Crippen LogP contribution in [0.3, 0.4) is 0 Å². The Balaban J connectivity index is 2.74. The molecule has 0 nitrogen and oxygen atoms in total. The van der Waals surface area contributed by atoms with Crippen molar-refractivity contribution in [2.75, 3.05) is 0 Å². The van der Waals surface area contributed by atoms with Crippen LogP contribution in [-0.4, -0.2) is 7.28 Å². The first-order valence-electron chi connectivity index (χ1n) is 4.84. The maximum atomic E-state index is 3.69. The predicted molar refractivity (Wildman–Crippen MR) is 54.3 cm³/mol. The zero-order chi connectivity index (χ0) is 8.36. The molecular weight excluding hydrogens is 131 g/mol. The fourth-order valence-corrected chi connectivity index (χ4v) is 1.10. The number of hydrogen-bond acceptors (Lipinski definition) is 0. The topological polar surface area (TPSA) is 0 Å². The zero-order valence-corrected chi connectivity index (χ0v) is 7.81. The summed E-state index contributed by atoms with van der Waals surface area (Å²) in [5.74, 6) is 0. The summed E-state index contributed by atoms with van der Waals surface area (Å²) in [6, 6.07) is 0. The van der Waals surface area contributed by atoms with Crippen molar-refractivity contribution < 1.29 is 0 Å². The minimum atomic E-state index is 1.15. The largest absolute Gasteiger partial charge is 0.109 e. The van der Waals surface area contributed by atoms with E-state index in [1.54, 1.807) is 0 Å². The van der Waals surface area contributed by atoms with Crippen LogP contribution in [0.5, 0.6) is 0 Å². The summed E-state index contributed by atoms with van der Waals surface area (Å²) in [6.45, 7) is 5.94. The highest BCUT2D eigenvalue weighted by Gasteiger charge is 1.90. The van der Waals surface area contributed by atoms with Crippen molar-refractivity contribution >= 4 is 7.28 Å². The van der Waals surface area contributed by atoms with Gasteiger partial charge in [-0.3, -0.25) is 0 Å². The van der Waals surface area contributed by atoms with Gasteiger partial charge >= 0.3 is 0 Å². The second-order valence-corrected chi connectivity index (χ2v) is 3.00. The van der Waals surface area contributed by atoms with Crippen molar-refractivity contribution in [3.63, 3.8) is 0 Å². The molecule has 0 rings (SSSR count). The maximum absolute atomic E-state index is 3.69. The third-order valence-electron chi connectivity index (χ3n) is 1.84. The molecule has 0 fully saturated rings. The van der Waals surface area contributed by atoms with Gasteiger partial charge in [0.05, 0.1) is 0 Å². The van der Waals surface area contributed by atoms with E-state index in [4.69, 9.17) is 0 Å². The zero-order valence-electron chi connectivity index (χ0n) is 7.81. The first-order valence-corrected chi connectivity index (χ1v) is 4.84. The highest BCUT2D eigenvalue weighted by molar-refractivity contribution is 6.35. The molecule has 0 aliphatic carbocycles. The smallest absolute Gasteiger partial charge is 0.103 e. The van der Waals surface area contributed by atoms with E-state index in [1.165, 1.54) is 38.3 Å². The minimum Gasteiger partial charge on any atom is -0.103 e. The third kappa shape index (κ3) is 9.80. The summed E-state index contributed by atoms with van der Waals surface area (Å²) in [7, 11) is 2.39. The number of rotatable bonds is 8. The number of hydrogen-bond donors (Lipinski definition) is 0. The van der Waals surface area contributed by atoms with Gasteiger partial charge in [0.25, 0.3) is 0 Å². The van der Waals surface area contributed by atoms with Crippen molar-refractivity contribution in [1.82, 2.24) is 0 Å². The minimum absolute atomic E-state index is 1.15. The van der Waals surface area contributed by atoms with E-state index in [1.807, 2.05) is 6.08 Å². The van der Waals surface area contributed by atoms with Gasteiger partial charge in [-0.1, -0.05) is 51.3 Å². The molecule has 0 heterocycles. The Labute approximate surface area is 72.3 Å². The van der Waals surface area contributed by atoms with Gasteiger partial charge in [0.2, 0.25) is 0 Å². The van der Waals surface area contributed by atoms with Crippen molar-refractivity contribution in [3.05, 3.63) is 12.7 Å². The maximum Gasteiger partial charge on any atom is 0.109 e. The summed E-state index contributed by atoms with van der Waals surface area (Å²) in [5, 5.41) is 0. The lowest BCUT2D eigenvalue weighted by molar-refractivity contribution is 0.699. The molecule has 0 amide bonds. The van der Waals surface area contributed by atoms with Crippen LogP contribution in [-0.2, 0) is 0 Å².